The van der Waals surface area contributed by atoms with Gasteiger partial charge < -0.3 is 0 Å². The van der Waals surface area contributed by atoms with Gasteiger partial charge in [0.15, 0.2) is 0 Å². The Kier molecular flexibility index (Phi) is 15.3. The molecule has 0 spiro atoms. The first-order valence-corrected chi connectivity index (χ1v) is 21.5. The van der Waals surface area contributed by atoms with E-state index in [9.17, 15) is 9.59 Å². The predicted molar refractivity (Wildman–Crippen MR) is 150 cm³/mol. The van der Waals surface area contributed by atoms with Gasteiger partial charge in [-0.1, -0.05) is 0 Å². The van der Waals surface area contributed by atoms with E-state index in [4.69, 9.17) is 9.47 Å². The fourth-order valence-corrected chi connectivity index (χ4v) is 20.2. The summed E-state index contributed by atoms with van der Waals surface area (Å²) in [6.45, 7) is 11.0. The Hall–Kier alpha value is -1.56. The zero-order valence-electron chi connectivity index (χ0n) is 22.9. The van der Waals surface area contributed by atoms with E-state index in [1.165, 1.54) is 70.5 Å². The van der Waals surface area contributed by atoms with Crippen LogP contribution < -0.4 is 0 Å². The fourth-order valence-electron chi connectivity index (χ4n) is 4.95. The van der Waals surface area contributed by atoms with Gasteiger partial charge in [0, 0.05) is 0 Å². The number of carbonyl (C=O) groups is 2. The second kappa shape index (κ2) is 17.0. The Morgan fingerprint density at radius 2 is 1.34 bits per heavy atom. The Labute approximate surface area is 218 Å². The van der Waals surface area contributed by atoms with Crippen molar-refractivity contribution in [2.24, 2.45) is 5.41 Å². The first kappa shape index (κ1) is 31.5. The van der Waals surface area contributed by atoms with Crippen molar-refractivity contribution in [3.8, 4) is 0 Å². The van der Waals surface area contributed by atoms with E-state index < -0.39 is 35.7 Å². The summed E-state index contributed by atoms with van der Waals surface area (Å²) in [6, 6.07) is 9.66. The number of ether oxygens (including phenoxy) is 2. The number of hydrogen-bond acceptors (Lipinski definition) is 4. The predicted octanol–water partition coefficient (Wildman–Crippen LogP) is 8.22. The summed E-state index contributed by atoms with van der Waals surface area (Å²) in [5.41, 5.74) is 0.196. The molecular weight excluding hydrogens is 543 g/mol. The molecule has 4 nitrogen and oxygen atoms in total. The molecule has 196 valence electrons. The average Bonchev–Trinajstić information content (AvgIpc) is 2.90. The Balaban J connectivity index is 3.20. The van der Waals surface area contributed by atoms with Gasteiger partial charge in [-0.3, -0.25) is 0 Å². The second-order valence-electron chi connectivity index (χ2n) is 9.90. The van der Waals surface area contributed by atoms with Crippen molar-refractivity contribution in [1.29, 1.82) is 0 Å². The fraction of sp³-hybridized carbons (Fsp3) is 0.600. The van der Waals surface area contributed by atoms with Crippen molar-refractivity contribution < 1.29 is 19.1 Å². The van der Waals surface area contributed by atoms with Crippen molar-refractivity contribution in [3.63, 3.8) is 0 Å². The zero-order valence-corrected chi connectivity index (χ0v) is 25.7. The van der Waals surface area contributed by atoms with Gasteiger partial charge in [-0.25, -0.2) is 0 Å². The molecule has 5 heteroatoms. The third kappa shape index (κ3) is 9.78. The molecule has 0 unspecified atom stereocenters. The van der Waals surface area contributed by atoms with Gasteiger partial charge in [-0.2, -0.15) is 0 Å². The molecule has 0 aliphatic rings. The molecule has 35 heavy (non-hydrogen) atoms. The van der Waals surface area contributed by atoms with E-state index in [0.29, 0.717) is 0 Å². The summed E-state index contributed by atoms with van der Waals surface area (Å²) in [5, 5.41) is 0. The standard InChI is InChI=1S/C18H21O4.3C4H9.Sn/c1-5-6-12-18(16(19)21-3,17(20)22-4)13-14(2)15-10-8-7-9-11-15;3*1-3-4-2;/h5-11H,1-2,12-13H2,3-4H3;3*1,3-4H2,2H3;/b6-5+;;;;. The SMILES string of the molecule is C=C(CC(C/C=C/[CH2][Sn]([CH2]CCC)([CH2]CCC)[CH2]CCC)(C(=O)OC)C(=O)OC)c1ccccc1. The summed E-state index contributed by atoms with van der Waals surface area (Å²) in [4.78, 5) is 26.1. The van der Waals surface area contributed by atoms with Gasteiger partial charge in [-0.05, 0) is 0 Å². The van der Waals surface area contributed by atoms with Crippen LogP contribution >= 0.6 is 0 Å². The van der Waals surface area contributed by atoms with Gasteiger partial charge >= 0.3 is 219 Å². The number of unbranched alkanes of at least 4 members (excludes halogenated alkanes) is 3. The van der Waals surface area contributed by atoms with Crippen LogP contribution in [0.3, 0.4) is 0 Å². The maximum absolute atomic E-state index is 13.0. The number of methoxy groups -OCH3 is 2. The summed E-state index contributed by atoms with van der Waals surface area (Å²) in [6.07, 6.45) is 12.5. The van der Waals surface area contributed by atoms with Crippen molar-refractivity contribution >= 4 is 35.9 Å². The van der Waals surface area contributed by atoms with Crippen LogP contribution in [0, 0.1) is 5.41 Å². The first-order valence-electron chi connectivity index (χ1n) is 13.4. The Morgan fingerprint density at radius 1 is 0.857 bits per heavy atom. The maximum atomic E-state index is 13.0. The molecule has 0 aliphatic carbocycles. The van der Waals surface area contributed by atoms with Crippen molar-refractivity contribution in [2.45, 2.75) is 89.9 Å². The molecule has 0 amide bonds. The molecule has 1 aromatic rings. The van der Waals surface area contributed by atoms with Gasteiger partial charge in [0.05, 0.1) is 0 Å². The third-order valence-corrected chi connectivity index (χ3v) is 22.5. The molecule has 0 radical (unpaired) electrons. The topological polar surface area (TPSA) is 52.6 Å². The summed E-state index contributed by atoms with van der Waals surface area (Å²) < 4.78 is 15.7. The van der Waals surface area contributed by atoms with E-state index in [1.807, 2.05) is 36.4 Å². The quantitative estimate of drug-likeness (QED) is 0.0748. The zero-order chi connectivity index (χ0) is 26.2. The van der Waals surface area contributed by atoms with Crippen LogP contribution in [0.4, 0.5) is 0 Å². The molecule has 0 saturated carbocycles. The van der Waals surface area contributed by atoms with Gasteiger partial charge in [0.1, 0.15) is 0 Å². The van der Waals surface area contributed by atoms with Crippen LogP contribution in [0.1, 0.15) is 77.7 Å². The second-order valence-corrected chi connectivity index (χ2v) is 23.9. The van der Waals surface area contributed by atoms with Crippen molar-refractivity contribution in [3.05, 3.63) is 54.6 Å². The number of esters is 2. The van der Waals surface area contributed by atoms with Gasteiger partial charge in [0.2, 0.25) is 0 Å². The average molecular weight is 591 g/mol. The van der Waals surface area contributed by atoms with Gasteiger partial charge in [0.25, 0.3) is 0 Å². The van der Waals surface area contributed by atoms with Crippen LogP contribution in [-0.4, -0.2) is 44.5 Å². The third-order valence-electron chi connectivity index (χ3n) is 7.22. The number of hydrogen-bond donors (Lipinski definition) is 0. The van der Waals surface area contributed by atoms with Crippen LogP contribution in [0.5, 0.6) is 0 Å². The number of rotatable bonds is 18. The van der Waals surface area contributed by atoms with Gasteiger partial charge in [-0.15, -0.1) is 0 Å². The monoisotopic (exact) mass is 592 g/mol. The molecule has 0 aliphatic heterocycles. The molecule has 1 aromatic carbocycles. The first-order chi connectivity index (χ1) is 16.8. The van der Waals surface area contributed by atoms with Crippen LogP contribution in [0.25, 0.3) is 5.57 Å². The summed E-state index contributed by atoms with van der Waals surface area (Å²) >= 11 is -2.33. The Bertz CT molecular complexity index is 762. The minimum atomic E-state index is -2.33. The van der Waals surface area contributed by atoms with Crippen LogP contribution in [0.15, 0.2) is 49.1 Å². The number of allylic oxidation sites excluding steroid dienone is 3. The summed E-state index contributed by atoms with van der Waals surface area (Å²) in [7, 11) is 2.66. The number of carbonyl (C=O) groups excluding carboxylic acids is 2. The van der Waals surface area contributed by atoms with Crippen molar-refractivity contribution in [2.75, 3.05) is 14.2 Å². The van der Waals surface area contributed by atoms with E-state index >= 15 is 0 Å². The van der Waals surface area contributed by atoms with E-state index in [0.717, 1.165) is 11.1 Å². The van der Waals surface area contributed by atoms with E-state index in [1.54, 1.807) is 0 Å². The molecular formula is C30H48O4Sn. The summed E-state index contributed by atoms with van der Waals surface area (Å²) in [5.74, 6) is -1.13. The molecule has 0 saturated heterocycles. The van der Waals surface area contributed by atoms with Crippen molar-refractivity contribution in [1.82, 2.24) is 0 Å². The van der Waals surface area contributed by atoms with E-state index in [2.05, 4.69) is 33.4 Å². The van der Waals surface area contributed by atoms with E-state index in [-0.39, 0.29) is 12.8 Å². The molecule has 1 rings (SSSR count). The number of benzene rings is 1. The molecule has 0 atom stereocenters. The molecule has 0 bridgehead atoms. The molecule has 0 N–H and O–H groups in total. The van der Waals surface area contributed by atoms with Crippen LogP contribution in [-0.2, 0) is 19.1 Å². The van der Waals surface area contributed by atoms with Crippen LogP contribution in [0.2, 0.25) is 17.7 Å². The molecule has 0 fully saturated rings. The normalized spacial score (nSPS) is 12.0. The molecule has 0 heterocycles. The molecule has 0 aromatic heterocycles. The Morgan fingerprint density at radius 3 is 1.77 bits per heavy atom. The minimum absolute atomic E-state index is 0.163.